The average Bonchev–Trinajstić information content (AvgIpc) is 2.97. The third-order valence-electron chi connectivity index (χ3n) is 5.21. The number of rotatable bonds is 3. The molecule has 0 aromatic carbocycles. The van der Waals surface area contributed by atoms with Crippen LogP contribution in [0.15, 0.2) is 0 Å². The zero-order valence-electron chi connectivity index (χ0n) is 18.9. The van der Waals surface area contributed by atoms with E-state index in [-0.39, 0.29) is 0 Å². The molecule has 4 heterocycles. The maximum Gasteiger partial charge on any atom is 0.165 e. The number of anilines is 1. The Morgan fingerprint density at radius 1 is 1.03 bits per heavy atom. The van der Waals surface area contributed by atoms with Crippen molar-refractivity contribution in [2.45, 2.75) is 59.7 Å². The molecule has 0 spiro atoms. The summed E-state index contributed by atoms with van der Waals surface area (Å²) in [6.45, 7) is 16.8. The molecule has 2 atom stereocenters. The molecule has 1 N–H and O–H groups in total. The zero-order chi connectivity index (χ0) is 21.0. The lowest BCUT2D eigenvalue weighted by Crippen LogP contribution is -2.53. The number of hydrogen-bond acceptors (Lipinski definition) is 7. The highest BCUT2D eigenvalue weighted by molar-refractivity contribution is 5.84. The van der Waals surface area contributed by atoms with Crippen LogP contribution in [0.2, 0.25) is 0 Å². The van der Waals surface area contributed by atoms with E-state index in [2.05, 4.69) is 59.4 Å². The van der Waals surface area contributed by atoms with Crippen LogP contribution in [0.25, 0.3) is 11.2 Å². The molecule has 2 aliphatic heterocycles. The summed E-state index contributed by atoms with van der Waals surface area (Å²) in [6, 6.07) is 0.999. The van der Waals surface area contributed by atoms with Gasteiger partial charge in [0.15, 0.2) is 17.0 Å². The van der Waals surface area contributed by atoms with E-state index in [1.54, 1.807) is 0 Å². The Balaban J connectivity index is 0.000000755. The van der Waals surface area contributed by atoms with Crippen LogP contribution in [0, 0.1) is 6.92 Å². The molecule has 4 rings (SSSR count). The van der Waals surface area contributed by atoms with Crippen molar-refractivity contribution in [2.24, 2.45) is 7.05 Å². The molecule has 8 nitrogen and oxygen atoms in total. The maximum atomic E-state index is 5.49. The number of nitrogens with one attached hydrogen (secondary N) is 1. The van der Waals surface area contributed by atoms with Crippen molar-refractivity contribution >= 4 is 17.0 Å². The van der Waals surface area contributed by atoms with Gasteiger partial charge in [0.05, 0.1) is 19.8 Å². The van der Waals surface area contributed by atoms with Gasteiger partial charge in [-0.2, -0.15) is 0 Å². The molecule has 0 unspecified atom stereocenters. The van der Waals surface area contributed by atoms with Gasteiger partial charge in [0, 0.05) is 45.3 Å². The minimum absolute atomic E-state index is 0.499. The Bertz CT molecular complexity index is 790. The number of nitrogens with zero attached hydrogens (tertiary/aromatic N) is 6. The van der Waals surface area contributed by atoms with Crippen LogP contribution >= 0.6 is 0 Å². The molecule has 29 heavy (non-hydrogen) atoms. The predicted molar refractivity (Wildman–Crippen MR) is 117 cm³/mol. The van der Waals surface area contributed by atoms with Crippen molar-refractivity contribution < 1.29 is 4.74 Å². The molecule has 8 heteroatoms. The number of morpholine rings is 1. The number of imidazole rings is 1. The highest BCUT2D eigenvalue weighted by Gasteiger charge is 2.25. The van der Waals surface area contributed by atoms with E-state index in [1.165, 1.54) is 6.42 Å². The normalized spacial score (nSPS) is 23.2. The average molecular weight is 404 g/mol. The lowest BCUT2D eigenvalue weighted by atomic mass is 10.1. The van der Waals surface area contributed by atoms with Gasteiger partial charge in [-0.15, -0.1) is 0 Å². The molecule has 0 amide bonds. The summed E-state index contributed by atoms with van der Waals surface area (Å²) >= 11 is 0. The summed E-state index contributed by atoms with van der Waals surface area (Å²) in [6.07, 6.45) is 1.25. The van der Waals surface area contributed by atoms with Crippen molar-refractivity contribution in [3.63, 3.8) is 0 Å². The van der Waals surface area contributed by atoms with Crippen LogP contribution in [-0.2, 0) is 18.3 Å². The van der Waals surface area contributed by atoms with Gasteiger partial charge in [-0.05, 0) is 20.8 Å². The van der Waals surface area contributed by atoms with E-state index in [1.807, 2.05) is 6.92 Å². The number of fused-ring (bicyclic) bond motifs is 1. The Labute approximate surface area is 174 Å². The van der Waals surface area contributed by atoms with Crippen LogP contribution in [0.1, 0.15) is 45.8 Å². The van der Waals surface area contributed by atoms with E-state index in [0.717, 1.165) is 74.6 Å². The highest BCUT2D eigenvalue weighted by atomic mass is 16.5. The fourth-order valence-electron chi connectivity index (χ4n) is 4.10. The van der Waals surface area contributed by atoms with Gasteiger partial charge in [-0.25, -0.2) is 15.0 Å². The molecule has 0 radical (unpaired) electrons. The number of ether oxygens (including phenoxy) is 1. The van der Waals surface area contributed by atoms with E-state index >= 15 is 0 Å². The van der Waals surface area contributed by atoms with Crippen molar-refractivity contribution in [1.29, 1.82) is 0 Å². The molecule has 0 aliphatic carbocycles. The lowest BCUT2D eigenvalue weighted by molar-refractivity contribution is 0.122. The first-order valence-electron chi connectivity index (χ1n) is 10.9. The van der Waals surface area contributed by atoms with Gasteiger partial charge in [0.1, 0.15) is 11.6 Å². The zero-order valence-corrected chi connectivity index (χ0v) is 18.9. The van der Waals surface area contributed by atoms with Crippen molar-refractivity contribution in [3.8, 4) is 0 Å². The lowest BCUT2D eigenvalue weighted by Gasteiger charge is -2.35. The topological polar surface area (TPSA) is 71.3 Å². The first kappa shape index (κ1) is 21.9. The SMILES string of the molecule is CCC.Cc1nc(N2CCOCC2)c2nc(CN3C[C@@H](C)N[C@@H](C)C3)n(C)c2n1. The highest BCUT2D eigenvalue weighted by Crippen LogP contribution is 2.25. The quantitative estimate of drug-likeness (QED) is 0.841. The summed E-state index contributed by atoms with van der Waals surface area (Å²) < 4.78 is 7.62. The van der Waals surface area contributed by atoms with Crippen molar-refractivity contribution in [3.05, 3.63) is 11.6 Å². The second-order valence-corrected chi connectivity index (χ2v) is 8.32. The van der Waals surface area contributed by atoms with Gasteiger partial charge in [-0.1, -0.05) is 20.3 Å². The molecular formula is C21H37N7O. The number of aryl methyl sites for hydroxylation is 2. The molecular weight excluding hydrogens is 366 g/mol. The summed E-state index contributed by atoms with van der Waals surface area (Å²) in [5, 5.41) is 3.59. The monoisotopic (exact) mass is 403 g/mol. The first-order chi connectivity index (χ1) is 13.9. The smallest absolute Gasteiger partial charge is 0.165 e. The van der Waals surface area contributed by atoms with Crippen LogP contribution in [-0.4, -0.2) is 75.9 Å². The molecule has 0 bridgehead atoms. The number of aromatic nitrogens is 4. The van der Waals surface area contributed by atoms with Crippen LogP contribution in [0.5, 0.6) is 0 Å². The second-order valence-electron chi connectivity index (χ2n) is 8.32. The van der Waals surface area contributed by atoms with Gasteiger partial charge in [0.2, 0.25) is 0 Å². The second kappa shape index (κ2) is 9.82. The van der Waals surface area contributed by atoms with Crippen molar-refractivity contribution in [1.82, 2.24) is 29.7 Å². The molecule has 2 saturated heterocycles. The third-order valence-corrected chi connectivity index (χ3v) is 5.21. The maximum absolute atomic E-state index is 5.49. The van der Waals surface area contributed by atoms with E-state index in [9.17, 15) is 0 Å². The van der Waals surface area contributed by atoms with E-state index in [4.69, 9.17) is 14.7 Å². The Morgan fingerprint density at radius 3 is 2.28 bits per heavy atom. The molecule has 2 aromatic rings. The Hall–Kier alpha value is -1.77. The van der Waals surface area contributed by atoms with Gasteiger partial charge >= 0.3 is 0 Å². The molecule has 2 aromatic heterocycles. The summed E-state index contributed by atoms with van der Waals surface area (Å²) in [4.78, 5) is 19.1. The molecule has 0 saturated carbocycles. The van der Waals surface area contributed by atoms with Crippen molar-refractivity contribution in [2.75, 3.05) is 44.3 Å². The van der Waals surface area contributed by atoms with E-state index < -0.39 is 0 Å². The van der Waals surface area contributed by atoms with Gasteiger partial charge in [-0.3, -0.25) is 4.90 Å². The van der Waals surface area contributed by atoms with Gasteiger partial charge in [0.25, 0.3) is 0 Å². The van der Waals surface area contributed by atoms with Crippen LogP contribution in [0.4, 0.5) is 5.82 Å². The minimum Gasteiger partial charge on any atom is -0.378 e. The first-order valence-corrected chi connectivity index (χ1v) is 10.9. The Morgan fingerprint density at radius 2 is 1.66 bits per heavy atom. The summed E-state index contributed by atoms with van der Waals surface area (Å²) in [5.41, 5.74) is 1.83. The van der Waals surface area contributed by atoms with Gasteiger partial charge < -0.3 is 19.5 Å². The largest absolute Gasteiger partial charge is 0.378 e. The standard InChI is InChI=1S/C18H29N7O.C3H8/c1-12-9-24(10-13(2)19-12)11-15-22-16-17(23(15)4)20-14(3)21-18(16)25-5-7-26-8-6-25;1-3-2/h12-13,19H,5-11H2,1-4H3;3H2,1-2H3/t12-,13+;. The minimum atomic E-state index is 0.499. The fraction of sp³-hybridized carbons (Fsp3) is 0.762. The molecule has 162 valence electrons. The summed E-state index contributed by atoms with van der Waals surface area (Å²) in [7, 11) is 2.06. The number of hydrogen-bond donors (Lipinski definition) is 1. The number of piperazine rings is 1. The predicted octanol–water partition coefficient (Wildman–Crippen LogP) is 2.11. The van der Waals surface area contributed by atoms with Crippen LogP contribution < -0.4 is 10.2 Å². The fourth-order valence-corrected chi connectivity index (χ4v) is 4.10. The van der Waals surface area contributed by atoms with E-state index in [0.29, 0.717) is 12.1 Å². The molecule has 2 aliphatic rings. The summed E-state index contributed by atoms with van der Waals surface area (Å²) in [5.74, 6) is 2.79. The Kier molecular flexibility index (Phi) is 7.43. The van der Waals surface area contributed by atoms with Crippen LogP contribution in [0.3, 0.4) is 0 Å². The molecule has 2 fully saturated rings. The third kappa shape index (κ3) is 5.24.